The van der Waals surface area contributed by atoms with E-state index in [0.717, 1.165) is 22.6 Å². The fourth-order valence-corrected chi connectivity index (χ4v) is 2.24. The maximum atomic E-state index is 12.3. The summed E-state index contributed by atoms with van der Waals surface area (Å²) in [5, 5.41) is 2.97. The quantitative estimate of drug-likeness (QED) is 0.885. The number of benzene rings is 2. The van der Waals surface area contributed by atoms with Gasteiger partial charge in [0.25, 0.3) is 5.91 Å². The van der Waals surface area contributed by atoms with Gasteiger partial charge < -0.3 is 14.8 Å². The molecule has 0 saturated heterocycles. The van der Waals surface area contributed by atoms with Gasteiger partial charge in [-0.3, -0.25) is 4.79 Å². The average Bonchev–Trinajstić information content (AvgIpc) is 2.56. The van der Waals surface area contributed by atoms with E-state index in [1.165, 1.54) is 0 Å². The van der Waals surface area contributed by atoms with Gasteiger partial charge >= 0.3 is 0 Å². The van der Waals surface area contributed by atoms with Crippen LogP contribution in [0, 0.1) is 6.92 Å². The summed E-state index contributed by atoms with van der Waals surface area (Å²) < 4.78 is 10.9. The van der Waals surface area contributed by atoms with Crippen molar-refractivity contribution in [2.75, 3.05) is 7.11 Å². The summed E-state index contributed by atoms with van der Waals surface area (Å²) in [6.45, 7) is 5.66. The largest absolute Gasteiger partial charge is 0.497 e. The molecule has 0 unspecified atom stereocenters. The Bertz CT molecular complexity index is 652. The molecule has 0 aliphatic carbocycles. The lowest BCUT2D eigenvalue weighted by Gasteiger charge is -2.20. The van der Waals surface area contributed by atoms with Gasteiger partial charge in [0.1, 0.15) is 11.5 Å². The normalized spacial score (nSPS) is 13.0. The van der Waals surface area contributed by atoms with E-state index in [4.69, 9.17) is 9.47 Å². The molecule has 4 heteroatoms. The van der Waals surface area contributed by atoms with Crippen molar-refractivity contribution in [1.29, 1.82) is 0 Å². The van der Waals surface area contributed by atoms with E-state index in [1.807, 2.05) is 62.4 Å². The number of amides is 1. The van der Waals surface area contributed by atoms with Crippen molar-refractivity contribution in [2.24, 2.45) is 0 Å². The Morgan fingerprint density at radius 2 is 1.70 bits per heavy atom. The molecular formula is C19H23NO3. The minimum Gasteiger partial charge on any atom is -0.497 e. The first kappa shape index (κ1) is 16.9. The molecule has 2 aromatic rings. The second-order valence-corrected chi connectivity index (χ2v) is 5.53. The molecule has 0 saturated carbocycles. The summed E-state index contributed by atoms with van der Waals surface area (Å²) in [6, 6.07) is 15.2. The Hall–Kier alpha value is -2.49. The second-order valence-electron chi connectivity index (χ2n) is 5.53. The summed E-state index contributed by atoms with van der Waals surface area (Å²) in [4.78, 5) is 12.3. The van der Waals surface area contributed by atoms with Gasteiger partial charge in [-0.15, -0.1) is 0 Å². The molecular weight excluding hydrogens is 290 g/mol. The number of ether oxygens (including phenoxy) is 2. The zero-order valence-electron chi connectivity index (χ0n) is 14.0. The molecule has 0 fully saturated rings. The topological polar surface area (TPSA) is 47.6 Å². The standard InChI is InChI=1S/C19H23NO3/c1-13-7-5-6-8-18(13)23-15(3)19(21)20-14(2)16-9-11-17(22-4)12-10-16/h5-12,14-15H,1-4H3,(H,20,21)/t14-,15+/m1/s1. The molecule has 0 aliphatic heterocycles. The maximum absolute atomic E-state index is 12.3. The van der Waals surface area contributed by atoms with Gasteiger partial charge in [-0.05, 0) is 50.1 Å². The van der Waals surface area contributed by atoms with Crippen LogP contribution < -0.4 is 14.8 Å². The Balaban J connectivity index is 1.95. The van der Waals surface area contributed by atoms with E-state index in [9.17, 15) is 4.79 Å². The molecule has 23 heavy (non-hydrogen) atoms. The molecule has 0 bridgehead atoms. The predicted molar refractivity (Wildman–Crippen MR) is 90.8 cm³/mol. The van der Waals surface area contributed by atoms with Gasteiger partial charge in [-0.25, -0.2) is 0 Å². The van der Waals surface area contributed by atoms with Gasteiger partial charge in [-0.1, -0.05) is 30.3 Å². The lowest BCUT2D eigenvalue weighted by Crippen LogP contribution is -2.37. The van der Waals surface area contributed by atoms with Crippen LogP contribution in [0.5, 0.6) is 11.5 Å². The fourth-order valence-electron chi connectivity index (χ4n) is 2.24. The number of hydrogen-bond acceptors (Lipinski definition) is 3. The highest BCUT2D eigenvalue weighted by Gasteiger charge is 2.18. The van der Waals surface area contributed by atoms with Crippen LogP contribution >= 0.6 is 0 Å². The van der Waals surface area contributed by atoms with Gasteiger partial charge in [0.05, 0.1) is 13.2 Å². The van der Waals surface area contributed by atoms with Crippen molar-refractivity contribution in [1.82, 2.24) is 5.32 Å². The highest BCUT2D eigenvalue weighted by atomic mass is 16.5. The van der Waals surface area contributed by atoms with Gasteiger partial charge in [0.2, 0.25) is 0 Å². The monoisotopic (exact) mass is 313 g/mol. The number of carbonyl (C=O) groups is 1. The SMILES string of the molecule is COc1ccc([C@@H](C)NC(=O)[C@H](C)Oc2ccccc2C)cc1. The Labute approximate surface area is 137 Å². The van der Waals surface area contributed by atoms with Crippen molar-refractivity contribution in [2.45, 2.75) is 32.9 Å². The van der Waals surface area contributed by atoms with Crippen LogP contribution in [0.3, 0.4) is 0 Å². The average molecular weight is 313 g/mol. The highest BCUT2D eigenvalue weighted by Crippen LogP contribution is 2.19. The lowest BCUT2D eigenvalue weighted by atomic mass is 10.1. The van der Waals surface area contributed by atoms with Crippen molar-refractivity contribution < 1.29 is 14.3 Å². The third-order valence-electron chi connectivity index (χ3n) is 3.74. The summed E-state index contributed by atoms with van der Waals surface area (Å²) >= 11 is 0. The van der Waals surface area contributed by atoms with Gasteiger partial charge in [0.15, 0.2) is 6.10 Å². The van der Waals surface area contributed by atoms with E-state index >= 15 is 0 Å². The van der Waals surface area contributed by atoms with E-state index in [1.54, 1.807) is 14.0 Å². The van der Waals surface area contributed by atoms with Gasteiger partial charge in [0, 0.05) is 0 Å². The van der Waals surface area contributed by atoms with Crippen molar-refractivity contribution in [3.8, 4) is 11.5 Å². The Kier molecular flexibility index (Phi) is 5.63. The smallest absolute Gasteiger partial charge is 0.261 e. The number of rotatable bonds is 6. The number of aryl methyl sites for hydroxylation is 1. The van der Waals surface area contributed by atoms with Crippen molar-refractivity contribution in [3.05, 3.63) is 59.7 Å². The molecule has 2 rings (SSSR count). The summed E-state index contributed by atoms with van der Waals surface area (Å²) in [6.07, 6.45) is -0.559. The van der Waals surface area contributed by atoms with E-state index < -0.39 is 6.10 Å². The van der Waals surface area contributed by atoms with Crippen LogP contribution in [-0.4, -0.2) is 19.1 Å². The van der Waals surface area contributed by atoms with Crippen LogP contribution in [0.25, 0.3) is 0 Å². The third kappa shape index (κ3) is 4.49. The van der Waals surface area contributed by atoms with Crippen LogP contribution in [0.4, 0.5) is 0 Å². The first-order chi connectivity index (χ1) is 11.0. The fraction of sp³-hybridized carbons (Fsp3) is 0.316. The molecule has 0 spiro atoms. The summed E-state index contributed by atoms with van der Waals surface area (Å²) in [5.41, 5.74) is 2.03. The minimum atomic E-state index is -0.559. The predicted octanol–water partition coefficient (Wildman–Crippen LogP) is 3.65. The van der Waals surface area contributed by atoms with E-state index in [0.29, 0.717) is 0 Å². The Morgan fingerprint density at radius 3 is 2.30 bits per heavy atom. The zero-order valence-corrected chi connectivity index (χ0v) is 14.0. The molecule has 122 valence electrons. The van der Waals surface area contributed by atoms with Crippen LogP contribution in [-0.2, 0) is 4.79 Å². The number of carbonyl (C=O) groups excluding carboxylic acids is 1. The van der Waals surface area contributed by atoms with Crippen LogP contribution in [0.15, 0.2) is 48.5 Å². The maximum Gasteiger partial charge on any atom is 0.261 e. The van der Waals surface area contributed by atoms with Crippen LogP contribution in [0.2, 0.25) is 0 Å². The zero-order chi connectivity index (χ0) is 16.8. The molecule has 0 aliphatic rings. The van der Waals surface area contributed by atoms with Gasteiger partial charge in [-0.2, -0.15) is 0 Å². The first-order valence-corrected chi connectivity index (χ1v) is 7.68. The molecule has 1 amide bonds. The minimum absolute atomic E-state index is 0.101. The lowest BCUT2D eigenvalue weighted by molar-refractivity contribution is -0.127. The molecule has 0 heterocycles. The molecule has 0 radical (unpaired) electrons. The number of nitrogens with one attached hydrogen (secondary N) is 1. The second kappa shape index (κ2) is 7.68. The molecule has 1 N–H and O–H groups in total. The van der Waals surface area contributed by atoms with Crippen LogP contribution in [0.1, 0.15) is 31.0 Å². The van der Waals surface area contributed by atoms with E-state index in [-0.39, 0.29) is 11.9 Å². The molecule has 2 atom stereocenters. The highest BCUT2D eigenvalue weighted by molar-refractivity contribution is 5.81. The van der Waals surface area contributed by atoms with Crippen molar-refractivity contribution >= 4 is 5.91 Å². The molecule has 4 nitrogen and oxygen atoms in total. The third-order valence-corrected chi connectivity index (χ3v) is 3.74. The van der Waals surface area contributed by atoms with E-state index in [2.05, 4.69) is 5.32 Å². The van der Waals surface area contributed by atoms with Crippen molar-refractivity contribution in [3.63, 3.8) is 0 Å². The summed E-state index contributed by atoms with van der Waals surface area (Å²) in [7, 11) is 1.63. The number of hydrogen-bond donors (Lipinski definition) is 1. The number of methoxy groups -OCH3 is 1. The molecule has 2 aromatic carbocycles. The summed E-state index contributed by atoms with van der Waals surface area (Å²) in [5.74, 6) is 1.38. The Morgan fingerprint density at radius 1 is 1.04 bits per heavy atom. The number of para-hydroxylation sites is 1. The first-order valence-electron chi connectivity index (χ1n) is 7.68. The molecule has 0 aromatic heterocycles.